The summed E-state index contributed by atoms with van der Waals surface area (Å²) in [5.41, 5.74) is -0.782. The van der Waals surface area contributed by atoms with Crippen LogP contribution in [0.25, 0.3) is 0 Å². The van der Waals surface area contributed by atoms with Crippen molar-refractivity contribution in [2.24, 2.45) is 11.3 Å². The van der Waals surface area contributed by atoms with E-state index in [4.69, 9.17) is 0 Å². The second kappa shape index (κ2) is 6.26. The van der Waals surface area contributed by atoms with Crippen molar-refractivity contribution in [2.45, 2.75) is 53.0 Å². The molecule has 0 aliphatic carbocycles. The lowest BCUT2D eigenvalue weighted by Gasteiger charge is -2.39. The van der Waals surface area contributed by atoms with E-state index in [2.05, 4.69) is 5.32 Å². The maximum atomic E-state index is 12.1. The van der Waals surface area contributed by atoms with Crippen molar-refractivity contribution in [2.75, 3.05) is 13.1 Å². The van der Waals surface area contributed by atoms with Gasteiger partial charge >= 0.3 is 12.0 Å². The number of amides is 2. The summed E-state index contributed by atoms with van der Waals surface area (Å²) in [7, 11) is 0. The summed E-state index contributed by atoms with van der Waals surface area (Å²) in [6.07, 6.45) is 2.63. The van der Waals surface area contributed by atoms with Gasteiger partial charge in [-0.1, -0.05) is 6.92 Å². The third-order valence-corrected chi connectivity index (χ3v) is 4.26. The lowest BCUT2D eigenvalue weighted by Crippen LogP contribution is -2.51. The van der Waals surface area contributed by atoms with Crippen LogP contribution in [0.3, 0.4) is 0 Å². The Morgan fingerprint density at radius 3 is 2.63 bits per heavy atom. The minimum Gasteiger partial charge on any atom is -0.481 e. The standard InChI is InChI=1S/C14H26N2O3/c1-5-10(2)15-13(19)16-8-6-7-11(9-16)14(3,4)12(17)18/h10-11H,5-9H2,1-4H3,(H,15,19)(H,17,18). The fourth-order valence-corrected chi connectivity index (χ4v) is 2.33. The second-order valence-corrected chi connectivity index (χ2v) is 6.07. The molecule has 2 amide bonds. The number of nitrogens with one attached hydrogen (secondary N) is 1. The van der Waals surface area contributed by atoms with Crippen molar-refractivity contribution >= 4 is 12.0 Å². The van der Waals surface area contributed by atoms with Gasteiger partial charge in [0.1, 0.15) is 0 Å². The van der Waals surface area contributed by atoms with E-state index < -0.39 is 11.4 Å². The van der Waals surface area contributed by atoms with E-state index in [1.54, 1.807) is 18.7 Å². The van der Waals surface area contributed by atoms with Crippen molar-refractivity contribution in [3.63, 3.8) is 0 Å². The highest BCUT2D eigenvalue weighted by atomic mass is 16.4. The highest BCUT2D eigenvalue weighted by Crippen LogP contribution is 2.34. The Morgan fingerprint density at radius 1 is 1.47 bits per heavy atom. The van der Waals surface area contributed by atoms with Gasteiger partial charge in [0.25, 0.3) is 0 Å². The van der Waals surface area contributed by atoms with Crippen LogP contribution in [-0.4, -0.2) is 41.1 Å². The molecule has 1 saturated heterocycles. The summed E-state index contributed by atoms with van der Waals surface area (Å²) >= 11 is 0. The molecule has 0 saturated carbocycles. The number of piperidine rings is 1. The number of carboxylic acid groups (broad SMARTS) is 1. The fourth-order valence-electron chi connectivity index (χ4n) is 2.33. The van der Waals surface area contributed by atoms with Crippen LogP contribution in [0.4, 0.5) is 4.79 Å². The number of carbonyl (C=O) groups is 2. The molecule has 0 bridgehead atoms. The van der Waals surface area contributed by atoms with E-state index in [-0.39, 0.29) is 18.0 Å². The molecule has 0 radical (unpaired) electrons. The van der Waals surface area contributed by atoms with E-state index in [0.717, 1.165) is 19.3 Å². The van der Waals surface area contributed by atoms with Crippen molar-refractivity contribution in [3.8, 4) is 0 Å². The summed E-state index contributed by atoms with van der Waals surface area (Å²) in [5.74, 6) is -0.775. The molecule has 110 valence electrons. The normalized spacial score (nSPS) is 21.9. The maximum Gasteiger partial charge on any atom is 0.317 e. The van der Waals surface area contributed by atoms with Gasteiger partial charge in [0.2, 0.25) is 0 Å². The van der Waals surface area contributed by atoms with Crippen LogP contribution in [-0.2, 0) is 4.79 Å². The Balaban J connectivity index is 2.64. The van der Waals surface area contributed by atoms with Crippen molar-refractivity contribution in [1.29, 1.82) is 0 Å². The van der Waals surface area contributed by atoms with Gasteiger partial charge in [-0.05, 0) is 46.0 Å². The van der Waals surface area contributed by atoms with Gasteiger partial charge in [0, 0.05) is 19.1 Å². The predicted octanol–water partition coefficient (Wildman–Crippen LogP) is 2.32. The first-order valence-electron chi connectivity index (χ1n) is 7.07. The van der Waals surface area contributed by atoms with Gasteiger partial charge in [0.05, 0.1) is 5.41 Å². The molecule has 0 aromatic rings. The number of carboxylic acids is 1. The molecule has 2 atom stereocenters. The molecular formula is C14H26N2O3. The predicted molar refractivity (Wildman–Crippen MR) is 74.0 cm³/mol. The number of urea groups is 1. The summed E-state index contributed by atoms with van der Waals surface area (Å²) in [5, 5.41) is 12.2. The summed E-state index contributed by atoms with van der Waals surface area (Å²) < 4.78 is 0. The monoisotopic (exact) mass is 270 g/mol. The molecule has 1 heterocycles. The Morgan fingerprint density at radius 2 is 2.11 bits per heavy atom. The third-order valence-electron chi connectivity index (χ3n) is 4.26. The molecule has 19 heavy (non-hydrogen) atoms. The zero-order valence-electron chi connectivity index (χ0n) is 12.4. The number of aliphatic carboxylic acids is 1. The molecule has 0 spiro atoms. The Kier molecular flexibility index (Phi) is 5.20. The average molecular weight is 270 g/mol. The smallest absolute Gasteiger partial charge is 0.317 e. The van der Waals surface area contributed by atoms with Crippen LogP contribution < -0.4 is 5.32 Å². The highest BCUT2D eigenvalue weighted by molar-refractivity contribution is 5.76. The minimum atomic E-state index is -0.790. The van der Waals surface area contributed by atoms with Gasteiger partial charge in [-0.2, -0.15) is 0 Å². The molecule has 5 nitrogen and oxygen atoms in total. The average Bonchev–Trinajstić information content (AvgIpc) is 2.38. The number of likely N-dealkylation sites (tertiary alicyclic amines) is 1. The summed E-state index contributed by atoms with van der Waals surface area (Å²) in [4.78, 5) is 25.1. The largest absolute Gasteiger partial charge is 0.481 e. The number of hydrogen-bond donors (Lipinski definition) is 2. The third kappa shape index (κ3) is 3.85. The molecule has 2 N–H and O–H groups in total. The number of nitrogens with zero attached hydrogens (tertiary/aromatic N) is 1. The van der Waals surface area contributed by atoms with Crippen molar-refractivity contribution in [3.05, 3.63) is 0 Å². The van der Waals surface area contributed by atoms with Crippen molar-refractivity contribution < 1.29 is 14.7 Å². The molecule has 0 aromatic carbocycles. The molecule has 1 aliphatic heterocycles. The van der Waals surface area contributed by atoms with Gasteiger partial charge in [0.15, 0.2) is 0 Å². The van der Waals surface area contributed by atoms with Crippen LogP contribution >= 0.6 is 0 Å². The topological polar surface area (TPSA) is 69.6 Å². The highest BCUT2D eigenvalue weighted by Gasteiger charge is 2.40. The molecule has 1 aliphatic rings. The number of rotatable bonds is 4. The molecule has 0 aromatic heterocycles. The maximum absolute atomic E-state index is 12.1. The minimum absolute atomic E-state index is 0.0152. The van der Waals surface area contributed by atoms with Crippen molar-refractivity contribution in [1.82, 2.24) is 10.2 Å². The molecular weight excluding hydrogens is 244 g/mol. The van der Waals surface area contributed by atoms with E-state index in [0.29, 0.717) is 13.1 Å². The SMILES string of the molecule is CCC(C)NC(=O)N1CCCC(C(C)(C)C(=O)O)C1. The van der Waals surface area contributed by atoms with Crippen LogP contribution in [0, 0.1) is 11.3 Å². The fraction of sp³-hybridized carbons (Fsp3) is 0.857. The van der Waals surface area contributed by atoms with E-state index in [9.17, 15) is 14.7 Å². The second-order valence-electron chi connectivity index (χ2n) is 6.07. The first kappa shape index (κ1) is 15.8. The Hall–Kier alpha value is -1.26. The van der Waals surface area contributed by atoms with Gasteiger partial charge < -0.3 is 15.3 Å². The first-order valence-corrected chi connectivity index (χ1v) is 7.07. The molecule has 1 rings (SSSR count). The van der Waals surface area contributed by atoms with E-state index >= 15 is 0 Å². The number of carbonyl (C=O) groups excluding carboxylic acids is 1. The zero-order valence-corrected chi connectivity index (χ0v) is 12.4. The van der Waals surface area contributed by atoms with Crippen LogP contribution in [0.1, 0.15) is 47.0 Å². The Bertz CT molecular complexity index is 342. The van der Waals surface area contributed by atoms with Gasteiger partial charge in [-0.3, -0.25) is 4.79 Å². The summed E-state index contributed by atoms with van der Waals surface area (Å²) in [6, 6.07) is 0.0839. The molecule has 2 unspecified atom stereocenters. The van der Waals surface area contributed by atoms with E-state index in [1.807, 2.05) is 13.8 Å². The van der Waals surface area contributed by atoms with Gasteiger partial charge in [-0.15, -0.1) is 0 Å². The van der Waals surface area contributed by atoms with E-state index in [1.165, 1.54) is 0 Å². The first-order chi connectivity index (χ1) is 8.78. The molecule has 5 heteroatoms. The zero-order chi connectivity index (χ0) is 14.6. The van der Waals surface area contributed by atoms with Crippen LogP contribution in [0.2, 0.25) is 0 Å². The van der Waals surface area contributed by atoms with Gasteiger partial charge in [-0.25, -0.2) is 4.79 Å². The van der Waals surface area contributed by atoms with Crippen LogP contribution in [0.5, 0.6) is 0 Å². The number of hydrogen-bond acceptors (Lipinski definition) is 2. The Labute approximate surface area is 115 Å². The quantitative estimate of drug-likeness (QED) is 0.823. The van der Waals surface area contributed by atoms with Crippen LogP contribution in [0.15, 0.2) is 0 Å². The summed E-state index contributed by atoms with van der Waals surface area (Å²) in [6.45, 7) is 8.74. The lowest BCUT2D eigenvalue weighted by atomic mass is 9.74. The molecule has 1 fully saturated rings. The lowest BCUT2D eigenvalue weighted by molar-refractivity contribution is -0.151.